The van der Waals surface area contributed by atoms with Gasteiger partial charge in [0.1, 0.15) is 6.04 Å². The highest BCUT2D eigenvalue weighted by Gasteiger charge is 2.36. The maximum atomic E-state index is 11.2. The topological polar surface area (TPSA) is 40.5 Å². The molecule has 0 aromatic rings. The molecule has 0 bridgehead atoms. The van der Waals surface area contributed by atoms with E-state index in [0.29, 0.717) is 11.3 Å². The third-order valence-electron chi connectivity index (χ3n) is 3.17. The molecule has 15 heavy (non-hydrogen) atoms. The summed E-state index contributed by atoms with van der Waals surface area (Å²) in [5.74, 6) is 0.526. The first-order chi connectivity index (χ1) is 6.95. The van der Waals surface area contributed by atoms with Crippen LogP contribution in [0.2, 0.25) is 0 Å². The van der Waals surface area contributed by atoms with Crippen LogP contribution >= 0.6 is 11.8 Å². The van der Waals surface area contributed by atoms with Crippen LogP contribution in [0, 0.1) is 5.92 Å². The Bertz CT molecular complexity index is 233. The Labute approximate surface area is 96.2 Å². The summed E-state index contributed by atoms with van der Waals surface area (Å²) in [5.41, 5.74) is 0. The number of nitrogens with zero attached hydrogens (tertiary/aromatic N) is 1. The Balaban J connectivity index is 2.78. The first-order valence-electron chi connectivity index (χ1n) is 5.55. The second kappa shape index (κ2) is 5.21. The van der Waals surface area contributed by atoms with Gasteiger partial charge in [-0.05, 0) is 12.8 Å². The van der Waals surface area contributed by atoms with Gasteiger partial charge in [0.2, 0.25) is 0 Å². The third kappa shape index (κ3) is 2.88. The lowest BCUT2D eigenvalue weighted by Gasteiger charge is -2.42. The van der Waals surface area contributed by atoms with E-state index >= 15 is 0 Å². The van der Waals surface area contributed by atoms with Crippen molar-refractivity contribution in [3.8, 4) is 0 Å². The van der Waals surface area contributed by atoms with Crippen LogP contribution in [0.3, 0.4) is 0 Å². The van der Waals surface area contributed by atoms with Crippen LogP contribution in [0.5, 0.6) is 0 Å². The second-order valence-corrected chi connectivity index (χ2v) is 6.07. The fourth-order valence-corrected chi connectivity index (χ4v) is 3.28. The van der Waals surface area contributed by atoms with Crippen molar-refractivity contribution >= 4 is 17.7 Å². The zero-order chi connectivity index (χ0) is 11.6. The quantitative estimate of drug-likeness (QED) is 0.805. The Morgan fingerprint density at radius 3 is 2.53 bits per heavy atom. The average Bonchev–Trinajstić information content (AvgIpc) is 2.11. The predicted octanol–water partition coefficient (Wildman–Crippen LogP) is 1.92. The van der Waals surface area contributed by atoms with Crippen molar-refractivity contribution in [2.75, 3.05) is 12.3 Å². The van der Waals surface area contributed by atoms with Crippen molar-refractivity contribution in [3.63, 3.8) is 0 Å². The number of rotatable bonds is 3. The van der Waals surface area contributed by atoms with E-state index in [1.807, 2.05) is 25.6 Å². The molecule has 1 saturated heterocycles. The minimum absolute atomic E-state index is 0.167. The van der Waals surface area contributed by atoms with E-state index in [1.165, 1.54) is 0 Å². The van der Waals surface area contributed by atoms with Crippen molar-refractivity contribution in [1.82, 2.24) is 4.90 Å². The van der Waals surface area contributed by atoms with Crippen molar-refractivity contribution in [1.29, 1.82) is 0 Å². The highest BCUT2D eigenvalue weighted by atomic mass is 32.2. The molecule has 1 N–H and O–H groups in total. The van der Waals surface area contributed by atoms with Crippen LogP contribution in [0.4, 0.5) is 0 Å². The van der Waals surface area contributed by atoms with Gasteiger partial charge in [0.25, 0.3) is 0 Å². The summed E-state index contributed by atoms with van der Waals surface area (Å²) >= 11 is 1.94. The Morgan fingerprint density at radius 1 is 1.47 bits per heavy atom. The van der Waals surface area contributed by atoms with Gasteiger partial charge in [-0.25, -0.2) is 0 Å². The van der Waals surface area contributed by atoms with Crippen molar-refractivity contribution in [2.45, 2.75) is 45.0 Å². The molecule has 0 spiro atoms. The lowest BCUT2D eigenvalue weighted by Crippen LogP contribution is -2.54. The normalized spacial score (nSPS) is 30.5. The first-order valence-corrected chi connectivity index (χ1v) is 6.60. The molecule has 1 fully saturated rings. The molecule has 3 atom stereocenters. The Kier molecular flexibility index (Phi) is 4.46. The molecule has 88 valence electrons. The van der Waals surface area contributed by atoms with Crippen LogP contribution in [-0.4, -0.2) is 45.6 Å². The van der Waals surface area contributed by atoms with Gasteiger partial charge >= 0.3 is 5.97 Å². The molecular weight excluding hydrogens is 210 g/mol. The number of carbonyl (C=O) groups is 1. The highest BCUT2D eigenvalue weighted by Crippen LogP contribution is 2.27. The zero-order valence-corrected chi connectivity index (χ0v) is 10.8. The van der Waals surface area contributed by atoms with Crippen LogP contribution in [0.1, 0.15) is 27.7 Å². The molecular formula is C11H21NO2S. The summed E-state index contributed by atoms with van der Waals surface area (Å²) < 4.78 is 0. The van der Waals surface area contributed by atoms with E-state index in [4.69, 9.17) is 0 Å². The van der Waals surface area contributed by atoms with Gasteiger partial charge in [0, 0.05) is 23.6 Å². The van der Waals surface area contributed by atoms with Gasteiger partial charge < -0.3 is 5.11 Å². The molecule has 0 radical (unpaired) electrons. The van der Waals surface area contributed by atoms with Crippen molar-refractivity contribution in [3.05, 3.63) is 0 Å². The summed E-state index contributed by atoms with van der Waals surface area (Å²) in [5, 5.41) is 9.78. The second-order valence-electron chi connectivity index (χ2n) is 4.58. The average molecular weight is 231 g/mol. The molecule has 0 aromatic carbocycles. The number of thioether (sulfide) groups is 1. The van der Waals surface area contributed by atoms with Gasteiger partial charge in [-0.3, -0.25) is 9.69 Å². The number of hydrogen-bond donors (Lipinski definition) is 1. The Hall–Kier alpha value is -0.220. The number of carboxylic acids is 1. The third-order valence-corrected chi connectivity index (χ3v) is 4.51. The van der Waals surface area contributed by atoms with Crippen LogP contribution in [-0.2, 0) is 4.79 Å². The standard InChI is InChI=1S/C11H21NO2S/c1-7(2)10(11(13)14)12-5-6-15-9(4)8(12)3/h7-10H,5-6H2,1-4H3,(H,13,14). The molecule has 0 aliphatic carbocycles. The van der Waals surface area contributed by atoms with Crippen LogP contribution in [0.25, 0.3) is 0 Å². The summed E-state index contributed by atoms with van der Waals surface area (Å²) in [6.45, 7) is 9.18. The van der Waals surface area contributed by atoms with Crippen molar-refractivity contribution < 1.29 is 9.90 Å². The van der Waals surface area contributed by atoms with E-state index < -0.39 is 5.97 Å². The number of aliphatic carboxylic acids is 1. The predicted molar refractivity (Wildman–Crippen MR) is 64.3 cm³/mol. The largest absolute Gasteiger partial charge is 0.480 e. The summed E-state index contributed by atoms with van der Waals surface area (Å²) in [6, 6.07) is 0.0237. The van der Waals surface area contributed by atoms with Gasteiger partial charge in [-0.1, -0.05) is 20.8 Å². The zero-order valence-electron chi connectivity index (χ0n) is 9.93. The van der Waals surface area contributed by atoms with Crippen LogP contribution in [0.15, 0.2) is 0 Å². The van der Waals surface area contributed by atoms with E-state index in [1.54, 1.807) is 0 Å². The smallest absolute Gasteiger partial charge is 0.321 e. The minimum Gasteiger partial charge on any atom is -0.480 e. The molecule has 3 nitrogen and oxygen atoms in total. The SMILES string of the molecule is CC(C)C(C(=O)O)N1CCSC(C)C1C. The van der Waals surface area contributed by atoms with Gasteiger partial charge in [-0.15, -0.1) is 0 Å². The molecule has 1 heterocycles. The van der Waals surface area contributed by atoms with Gasteiger partial charge in [-0.2, -0.15) is 11.8 Å². The van der Waals surface area contributed by atoms with E-state index in [2.05, 4.69) is 18.7 Å². The van der Waals surface area contributed by atoms with E-state index in [9.17, 15) is 9.90 Å². The van der Waals surface area contributed by atoms with Crippen molar-refractivity contribution in [2.24, 2.45) is 5.92 Å². The maximum Gasteiger partial charge on any atom is 0.321 e. The van der Waals surface area contributed by atoms with E-state index in [0.717, 1.165) is 12.3 Å². The minimum atomic E-state index is -0.684. The molecule has 0 amide bonds. The molecule has 4 heteroatoms. The summed E-state index contributed by atoms with van der Waals surface area (Å²) in [6.07, 6.45) is 0. The fourth-order valence-electron chi connectivity index (χ4n) is 2.16. The monoisotopic (exact) mass is 231 g/mol. The Morgan fingerprint density at radius 2 is 2.07 bits per heavy atom. The number of hydrogen-bond acceptors (Lipinski definition) is 3. The summed E-state index contributed by atoms with van der Waals surface area (Å²) in [7, 11) is 0. The molecule has 1 rings (SSSR count). The van der Waals surface area contributed by atoms with Crippen LogP contribution < -0.4 is 0 Å². The fraction of sp³-hybridized carbons (Fsp3) is 0.909. The highest BCUT2D eigenvalue weighted by molar-refractivity contribution is 8.00. The number of carboxylic acid groups (broad SMARTS) is 1. The molecule has 0 aromatic heterocycles. The molecule has 0 saturated carbocycles. The van der Waals surface area contributed by atoms with Gasteiger partial charge in [0.05, 0.1) is 0 Å². The summed E-state index contributed by atoms with van der Waals surface area (Å²) in [4.78, 5) is 13.4. The van der Waals surface area contributed by atoms with Gasteiger partial charge in [0.15, 0.2) is 0 Å². The maximum absolute atomic E-state index is 11.2. The van der Waals surface area contributed by atoms with E-state index in [-0.39, 0.29) is 12.0 Å². The lowest BCUT2D eigenvalue weighted by atomic mass is 10.00. The molecule has 3 unspecified atom stereocenters. The lowest BCUT2D eigenvalue weighted by molar-refractivity contribution is -0.146. The molecule has 1 aliphatic rings. The first kappa shape index (κ1) is 12.8. The molecule has 1 aliphatic heterocycles.